The number of aromatic nitrogens is 1. The third-order valence-electron chi connectivity index (χ3n) is 3.32. The molecule has 0 unspecified atom stereocenters. The average molecular weight is 284 g/mol. The van der Waals surface area contributed by atoms with Crippen LogP contribution in [0.25, 0.3) is 0 Å². The molecule has 0 spiro atoms. The van der Waals surface area contributed by atoms with Gasteiger partial charge in [0.1, 0.15) is 5.69 Å². The molecule has 0 saturated heterocycles. The summed E-state index contributed by atoms with van der Waals surface area (Å²) >= 11 is 0. The van der Waals surface area contributed by atoms with Crippen molar-refractivity contribution in [3.05, 3.63) is 59.4 Å². The van der Waals surface area contributed by atoms with E-state index in [0.717, 1.165) is 12.0 Å². The molecule has 110 valence electrons. The van der Waals surface area contributed by atoms with E-state index in [1.54, 1.807) is 17.2 Å². The maximum atomic E-state index is 12.6. The van der Waals surface area contributed by atoms with Crippen LogP contribution < -0.4 is 0 Å². The minimum atomic E-state index is -0.0757. The zero-order valence-electron chi connectivity index (χ0n) is 12.4. The molecule has 1 aromatic heterocycles. The molecule has 0 aliphatic rings. The third kappa shape index (κ3) is 3.81. The van der Waals surface area contributed by atoms with Crippen molar-refractivity contribution in [3.8, 4) is 0 Å². The van der Waals surface area contributed by atoms with Crippen LogP contribution in [0.5, 0.6) is 0 Å². The van der Waals surface area contributed by atoms with E-state index in [9.17, 15) is 9.59 Å². The molecule has 0 aliphatic heterocycles. The summed E-state index contributed by atoms with van der Waals surface area (Å²) in [4.78, 5) is 28.6. The molecule has 21 heavy (non-hydrogen) atoms. The van der Waals surface area contributed by atoms with Crippen LogP contribution in [0.3, 0.4) is 0 Å². The normalized spacial score (nSPS) is 10.4. The van der Waals surface area contributed by atoms with Crippen molar-refractivity contribution in [2.24, 2.45) is 0 Å². The number of Topliss-reactive ketones (excluding diaryl/α,β-unsaturated/α-hetero) is 1. The van der Waals surface area contributed by atoms with Gasteiger partial charge in [0.2, 0.25) is 0 Å². The first-order valence-electron chi connectivity index (χ1n) is 7.14. The predicted octanol–water partition coefficient (Wildman–Crippen LogP) is 3.27. The van der Waals surface area contributed by atoms with Crippen LogP contribution in [0.1, 0.15) is 46.7 Å². The Labute approximate surface area is 124 Å². The summed E-state index contributed by atoms with van der Waals surface area (Å²) in [6, 6.07) is 11.5. The van der Waals surface area contributed by atoms with Crippen LogP contribution in [0.4, 0.5) is 0 Å². The minimum absolute atomic E-state index is 0.0459. The van der Waals surface area contributed by atoms with Crippen LogP contribution in [0, 0.1) is 0 Å². The molecule has 2 rings (SSSR count). The summed E-state index contributed by atoms with van der Waals surface area (Å²) in [6.07, 6.45) is 2.47. The number of carbonyl (C=O) groups is 2. The van der Waals surface area contributed by atoms with Gasteiger partial charge >= 0.3 is 0 Å². The molecular formula is C17H20N2O2. The average Bonchev–Trinajstić information content (AvgIpc) is 2.97. The van der Waals surface area contributed by atoms with Crippen molar-refractivity contribution in [1.82, 2.24) is 9.88 Å². The van der Waals surface area contributed by atoms with Crippen LogP contribution in [-0.4, -0.2) is 28.1 Å². The first kappa shape index (κ1) is 15.0. The van der Waals surface area contributed by atoms with Crippen molar-refractivity contribution >= 4 is 11.7 Å². The summed E-state index contributed by atoms with van der Waals surface area (Å²) in [6.45, 7) is 4.79. The van der Waals surface area contributed by atoms with Gasteiger partial charge in [-0.25, -0.2) is 0 Å². The lowest BCUT2D eigenvalue weighted by Crippen LogP contribution is -2.31. The Morgan fingerprint density at radius 1 is 1.19 bits per heavy atom. The number of rotatable bonds is 6. The van der Waals surface area contributed by atoms with E-state index < -0.39 is 0 Å². The van der Waals surface area contributed by atoms with E-state index in [4.69, 9.17) is 0 Å². The molecule has 0 fully saturated rings. The van der Waals surface area contributed by atoms with Crippen molar-refractivity contribution in [3.63, 3.8) is 0 Å². The summed E-state index contributed by atoms with van der Waals surface area (Å²) in [5.41, 5.74) is 2.09. The molecule has 0 radical (unpaired) electrons. The van der Waals surface area contributed by atoms with Gasteiger partial charge in [-0.15, -0.1) is 0 Å². The molecule has 1 N–H and O–H groups in total. The first-order chi connectivity index (χ1) is 10.1. The van der Waals surface area contributed by atoms with Gasteiger partial charge in [0.25, 0.3) is 5.91 Å². The number of amides is 1. The Morgan fingerprint density at radius 2 is 1.90 bits per heavy atom. The highest BCUT2D eigenvalue weighted by atomic mass is 16.2. The standard InChI is InChI=1S/C17H20N2O2/c1-3-9-19(12-14-7-5-4-6-8-14)17(21)16-10-15(11-18-16)13(2)20/h4-8,10-11,18H,3,9,12H2,1-2H3. The lowest BCUT2D eigenvalue weighted by Gasteiger charge is -2.21. The van der Waals surface area contributed by atoms with E-state index in [0.29, 0.717) is 24.3 Å². The van der Waals surface area contributed by atoms with Gasteiger partial charge in [-0.3, -0.25) is 9.59 Å². The number of ketones is 1. The topological polar surface area (TPSA) is 53.2 Å². The molecule has 0 saturated carbocycles. The summed E-state index contributed by atoms with van der Waals surface area (Å²) in [5.74, 6) is -0.122. The molecule has 0 aliphatic carbocycles. The first-order valence-corrected chi connectivity index (χ1v) is 7.14. The van der Waals surface area contributed by atoms with Gasteiger partial charge in [0, 0.05) is 24.8 Å². The van der Waals surface area contributed by atoms with Crippen LogP contribution in [0.2, 0.25) is 0 Å². The highest BCUT2D eigenvalue weighted by Crippen LogP contribution is 2.12. The Balaban J connectivity index is 2.16. The van der Waals surface area contributed by atoms with Crippen molar-refractivity contribution in [2.45, 2.75) is 26.8 Å². The maximum Gasteiger partial charge on any atom is 0.270 e. The number of nitrogens with one attached hydrogen (secondary N) is 1. The number of carbonyl (C=O) groups excluding carboxylic acids is 2. The lowest BCUT2D eigenvalue weighted by atomic mass is 10.2. The predicted molar refractivity (Wildman–Crippen MR) is 82.3 cm³/mol. The van der Waals surface area contributed by atoms with Crippen molar-refractivity contribution in [2.75, 3.05) is 6.54 Å². The molecule has 2 aromatic rings. The Bertz CT molecular complexity index is 617. The van der Waals surface area contributed by atoms with Gasteiger partial charge < -0.3 is 9.88 Å². The highest BCUT2D eigenvalue weighted by Gasteiger charge is 2.17. The minimum Gasteiger partial charge on any atom is -0.356 e. The molecule has 1 heterocycles. The molecule has 0 atom stereocenters. The second-order valence-electron chi connectivity index (χ2n) is 5.07. The fourth-order valence-corrected chi connectivity index (χ4v) is 2.22. The lowest BCUT2D eigenvalue weighted by molar-refractivity contribution is 0.0738. The van der Waals surface area contributed by atoms with Crippen molar-refractivity contribution < 1.29 is 9.59 Å². The maximum absolute atomic E-state index is 12.6. The second kappa shape index (κ2) is 6.88. The number of benzene rings is 1. The smallest absolute Gasteiger partial charge is 0.270 e. The van der Waals surface area contributed by atoms with Crippen LogP contribution in [0.15, 0.2) is 42.6 Å². The van der Waals surface area contributed by atoms with Gasteiger partial charge in [-0.2, -0.15) is 0 Å². The summed E-state index contributed by atoms with van der Waals surface area (Å²) in [5, 5.41) is 0. The number of hydrogen-bond donors (Lipinski definition) is 1. The fraction of sp³-hybridized carbons (Fsp3) is 0.294. The van der Waals surface area contributed by atoms with Crippen molar-refractivity contribution in [1.29, 1.82) is 0 Å². The summed E-state index contributed by atoms with van der Waals surface area (Å²) in [7, 11) is 0. The summed E-state index contributed by atoms with van der Waals surface area (Å²) < 4.78 is 0. The Hall–Kier alpha value is -2.36. The van der Waals surface area contributed by atoms with Crippen LogP contribution in [-0.2, 0) is 6.54 Å². The van der Waals surface area contributed by atoms with Gasteiger partial charge in [-0.1, -0.05) is 37.3 Å². The highest BCUT2D eigenvalue weighted by molar-refractivity contribution is 5.99. The van der Waals surface area contributed by atoms with Gasteiger partial charge in [0.15, 0.2) is 5.78 Å². The van der Waals surface area contributed by atoms with E-state index in [1.807, 2.05) is 37.3 Å². The number of H-pyrrole nitrogens is 1. The third-order valence-corrected chi connectivity index (χ3v) is 3.32. The van der Waals surface area contributed by atoms with E-state index >= 15 is 0 Å². The van der Waals surface area contributed by atoms with E-state index in [1.165, 1.54) is 6.92 Å². The number of aromatic amines is 1. The fourth-order valence-electron chi connectivity index (χ4n) is 2.22. The van der Waals surface area contributed by atoms with Gasteiger partial charge in [-0.05, 0) is 25.0 Å². The van der Waals surface area contributed by atoms with E-state index in [2.05, 4.69) is 4.98 Å². The van der Waals surface area contributed by atoms with E-state index in [-0.39, 0.29) is 11.7 Å². The largest absolute Gasteiger partial charge is 0.356 e. The second-order valence-corrected chi connectivity index (χ2v) is 5.07. The Kier molecular flexibility index (Phi) is 4.93. The molecule has 1 amide bonds. The van der Waals surface area contributed by atoms with Crippen LogP contribution >= 0.6 is 0 Å². The SMILES string of the molecule is CCCN(Cc1ccccc1)C(=O)c1cc(C(C)=O)c[nH]1. The molecule has 0 bridgehead atoms. The van der Waals surface area contributed by atoms with Gasteiger partial charge in [0.05, 0.1) is 0 Å². The number of nitrogens with zero attached hydrogens (tertiary/aromatic N) is 1. The zero-order valence-corrected chi connectivity index (χ0v) is 12.4. The monoisotopic (exact) mass is 284 g/mol. The quantitative estimate of drug-likeness (QED) is 0.828. The number of hydrogen-bond acceptors (Lipinski definition) is 2. The molecule has 4 nitrogen and oxygen atoms in total. The molecular weight excluding hydrogens is 264 g/mol. The Morgan fingerprint density at radius 3 is 2.48 bits per heavy atom. The molecule has 4 heteroatoms. The molecule has 1 aromatic carbocycles. The zero-order chi connectivity index (χ0) is 15.2.